The number of aromatic nitrogens is 3. The van der Waals surface area contributed by atoms with Gasteiger partial charge in [-0.2, -0.15) is 10.4 Å². The van der Waals surface area contributed by atoms with Gasteiger partial charge in [0.05, 0.1) is 39.9 Å². The van der Waals surface area contributed by atoms with Crippen LogP contribution in [0, 0.1) is 11.3 Å². The summed E-state index contributed by atoms with van der Waals surface area (Å²) in [6.45, 7) is 5.63. The fourth-order valence-corrected chi connectivity index (χ4v) is 5.70. The fourth-order valence-electron chi connectivity index (χ4n) is 5.70. The second-order valence-electron chi connectivity index (χ2n) is 10.5. The van der Waals surface area contributed by atoms with Crippen LogP contribution < -0.4 is 16.0 Å². The molecule has 3 saturated carbocycles. The zero-order valence-electron chi connectivity index (χ0n) is 20.9. The molecule has 6 rings (SSSR count). The molecule has 3 fully saturated rings. The minimum Gasteiger partial charge on any atom is -0.382 e. The van der Waals surface area contributed by atoms with Crippen LogP contribution in [0.25, 0.3) is 16.9 Å². The van der Waals surface area contributed by atoms with Crippen LogP contribution in [0.5, 0.6) is 0 Å². The second kappa shape index (κ2) is 8.94. The van der Waals surface area contributed by atoms with E-state index in [1.165, 1.54) is 6.20 Å². The third-order valence-corrected chi connectivity index (χ3v) is 7.55. The van der Waals surface area contributed by atoms with Crippen molar-refractivity contribution in [2.24, 2.45) is 0 Å². The van der Waals surface area contributed by atoms with Gasteiger partial charge in [0.2, 0.25) is 5.91 Å². The number of nitriles is 1. The van der Waals surface area contributed by atoms with E-state index < -0.39 is 0 Å². The molecule has 2 amide bonds. The highest BCUT2D eigenvalue weighted by Crippen LogP contribution is 2.47. The van der Waals surface area contributed by atoms with Gasteiger partial charge in [0.25, 0.3) is 5.91 Å². The summed E-state index contributed by atoms with van der Waals surface area (Å²) < 4.78 is 1.74. The summed E-state index contributed by atoms with van der Waals surface area (Å²) in [5, 5.41) is 23.4. The van der Waals surface area contributed by atoms with Crippen LogP contribution in [0.1, 0.15) is 75.2 Å². The standard InChI is InChI=1S/C27H31N7O2/c1-17(2)31-22-13-23(24-5-4-20-12-19(14-28)15-30-34(20)24)29-16-21(22)25(36)33-27-9-6-26(7-10-27,8-11-27)32-18(3)35/h4-5,12-13,15-17H,6-11H2,1-3H3,(H,29,31)(H,32,35)(H,33,36). The number of pyridine rings is 1. The quantitative estimate of drug-likeness (QED) is 0.488. The van der Waals surface area contributed by atoms with Gasteiger partial charge >= 0.3 is 0 Å². The molecule has 0 aliphatic heterocycles. The minimum absolute atomic E-state index is 0.0143. The predicted octanol–water partition coefficient (Wildman–Crippen LogP) is 3.80. The molecule has 3 aromatic heterocycles. The average molecular weight is 486 g/mol. The van der Waals surface area contributed by atoms with Gasteiger partial charge in [-0.05, 0) is 76.6 Å². The topological polar surface area (TPSA) is 124 Å². The highest BCUT2D eigenvalue weighted by molar-refractivity contribution is 6.00. The third kappa shape index (κ3) is 4.39. The summed E-state index contributed by atoms with van der Waals surface area (Å²) in [6.07, 6.45) is 8.34. The molecule has 0 atom stereocenters. The van der Waals surface area contributed by atoms with Crippen molar-refractivity contribution in [3.63, 3.8) is 0 Å². The molecule has 3 aliphatic carbocycles. The van der Waals surface area contributed by atoms with Crippen molar-refractivity contribution in [1.29, 1.82) is 5.26 Å². The van der Waals surface area contributed by atoms with Gasteiger partial charge in [0.1, 0.15) is 6.07 Å². The number of anilines is 1. The minimum atomic E-state index is -0.245. The first-order chi connectivity index (χ1) is 17.2. The molecule has 3 aromatic rings. The van der Waals surface area contributed by atoms with E-state index in [4.69, 9.17) is 5.26 Å². The van der Waals surface area contributed by atoms with Gasteiger partial charge in [0.15, 0.2) is 0 Å². The van der Waals surface area contributed by atoms with Crippen molar-refractivity contribution in [2.75, 3.05) is 5.32 Å². The van der Waals surface area contributed by atoms with Crippen LogP contribution in [0.15, 0.2) is 36.7 Å². The number of rotatable bonds is 6. The number of amides is 2. The maximum Gasteiger partial charge on any atom is 0.255 e. The van der Waals surface area contributed by atoms with Gasteiger partial charge in [-0.25, -0.2) is 4.52 Å². The van der Waals surface area contributed by atoms with E-state index in [2.05, 4.69) is 32.1 Å². The average Bonchev–Trinajstić information content (AvgIpc) is 3.27. The predicted molar refractivity (Wildman–Crippen MR) is 136 cm³/mol. The Labute approximate surface area is 210 Å². The lowest BCUT2D eigenvalue weighted by molar-refractivity contribution is -0.122. The molecule has 0 spiro atoms. The number of hydrogen-bond acceptors (Lipinski definition) is 6. The first-order valence-corrected chi connectivity index (χ1v) is 12.5. The first kappa shape index (κ1) is 23.8. The molecule has 36 heavy (non-hydrogen) atoms. The maximum absolute atomic E-state index is 13.5. The van der Waals surface area contributed by atoms with Crippen LogP contribution in [-0.2, 0) is 4.79 Å². The zero-order chi connectivity index (χ0) is 25.5. The zero-order valence-corrected chi connectivity index (χ0v) is 20.9. The number of hydrogen-bond donors (Lipinski definition) is 3. The third-order valence-electron chi connectivity index (χ3n) is 7.55. The Hall–Kier alpha value is -3.93. The van der Waals surface area contributed by atoms with E-state index in [1.807, 2.05) is 32.0 Å². The Morgan fingerprint density at radius 1 is 1.03 bits per heavy atom. The molecule has 9 heteroatoms. The van der Waals surface area contributed by atoms with Crippen molar-refractivity contribution in [1.82, 2.24) is 25.2 Å². The Morgan fingerprint density at radius 2 is 1.69 bits per heavy atom. The summed E-state index contributed by atoms with van der Waals surface area (Å²) in [6, 6.07) is 9.70. The van der Waals surface area contributed by atoms with Gasteiger partial charge in [-0.3, -0.25) is 14.6 Å². The molecule has 0 unspecified atom stereocenters. The SMILES string of the molecule is CC(=O)NC12CCC(NC(=O)c3cnc(-c4ccc5cc(C#N)cnn45)cc3NC(C)C)(CC1)CC2. The maximum atomic E-state index is 13.5. The number of nitrogens with one attached hydrogen (secondary N) is 3. The van der Waals surface area contributed by atoms with Crippen molar-refractivity contribution < 1.29 is 9.59 Å². The summed E-state index contributed by atoms with van der Waals surface area (Å²) in [4.78, 5) is 29.8. The summed E-state index contributed by atoms with van der Waals surface area (Å²) in [5.41, 5.74) is 3.61. The van der Waals surface area contributed by atoms with Crippen LogP contribution in [0.2, 0.25) is 0 Å². The molecule has 0 radical (unpaired) electrons. The van der Waals surface area contributed by atoms with E-state index >= 15 is 0 Å². The van der Waals surface area contributed by atoms with Gasteiger partial charge < -0.3 is 16.0 Å². The van der Waals surface area contributed by atoms with Crippen molar-refractivity contribution in [2.45, 2.75) is 76.4 Å². The van der Waals surface area contributed by atoms with Gasteiger partial charge in [0, 0.05) is 30.2 Å². The van der Waals surface area contributed by atoms with E-state index in [9.17, 15) is 9.59 Å². The number of carbonyl (C=O) groups is 2. The number of nitrogens with zero attached hydrogens (tertiary/aromatic N) is 4. The normalized spacial score (nSPS) is 22.9. The molecule has 0 aromatic carbocycles. The van der Waals surface area contributed by atoms with E-state index in [-0.39, 0.29) is 28.9 Å². The van der Waals surface area contributed by atoms with Crippen LogP contribution in [-0.4, -0.2) is 43.5 Å². The smallest absolute Gasteiger partial charge is 0.255 e. The lowest BCUT2D eigenvalue weighted by Crippen LogP contribution is -2.63. The molecule has 9 nitrogen and oxygen atoms in total. The number of carbonyl (C=O) groups excluding carboxylic acids is 2. The molecule has 3 heterocycles. The fraction of sp³-hybridized carbons (Fsp3) is 0.444. The molecule has 3 N–H and O–H groups in total. The van der Waals surface area contributed by atoms with Crippen LogP contribution in [0.3, 0.4) is 0 Å². The molecule has 2 bridgehead atoms. The first-order valence-electron chi connectivity index (χ1n) is 12.5. The Morgan fingerprint density at radius 3 is 2.31 bits per heavy atom. The summed E-state index contributed by atoms with van der Waals surface area (Å²) in [7, 11) is 0. The van der Waals surface area contributed by atoms with Crippen molar-refractivity contribution in [3.8, 4) is 17.5 Å². The summed E-state index contributed by atoms with van der Waals surface area (Å²) in [5.74, 6) is -0.122. The lowest BCUT2D eigenvalue weighted by Gasteiger charge is -2.53. The van der Waals surface area contributed by atoms with E-state index in [1.54, 1.807) is 23.7 Å². The Kier molecular flexibility index (Phi) is 5.91. The molecule has 0 saturated heterocycles. The second-order valence-corrected chi connectivity index (χ2v) is 10.5. The Balaban J connectivity index is 1.41. The van der Waals surface area contributed by atoms with Crippen molar-refractivity contribution >= 4 is 23.0 Å². The van der Waals surface area contributed by atoms with E-state index in [0.29, 0.717) is 22.5 Å². The molecule has 186 valence electrons. The Bertz CT molecular complexity index is 1360. The monoisotopic (exact) mass is 485 g/mol. The van der Waals surface area contributed by atoms with Gasteiger partial charge in [-0.1, -0.05) is 0 Å². The van der Waals surface area contributed by atoms with E-state index in [0.717, 1.165) is 49.7 Å². The molecular weight excluding hydrogens is 454 g/mol. The highest BCUT2D eigenvalue weighted by atomic mass is 16.2. The number of fused-ring (bicyclic) bond motifs is 4. The molecule has 3 aliphatic rings. The van der Waals surface area contributed by atoms with Crippen LogP contribution in [0.4, 0.5) is 5.69 Å². The lowest BCUT2D eigenvalue weighted by atomic mass is 9.61. The highest BCUT2D eigenvalue weighted by Gasteiger charge is 2.49. The molecular formula is C27H31N7O2. The van der Waals surface area contributed by atoms with Crippen LogP contribution >= 0.6 is 0 Å². The summed E-state index contributed by atoms with van der Waals surface area (Å²) >= 11 is 0. The van der Waals surface area contributed by atoms with Crippen molar-refractivity contribution in [3.05, 3.63) is 47.8 Å². The van der Waals surface area contributed by atoms with Gasteiger partial charge in [-0.15, -0.1) is 0 Å². The largest absolute Gasteiger partial charge is 0.382 e.